The smallest absolute Gasteiger partial charge is 0.242 e. The fraction of sp³-hybridized carbons (Fsp3) is 0.333. The van der Waals surface area contributed by atoms with E-state index in [1.54, 1.807) is 12.1 Å². The molecule has 0 spiro atoms. The maximum atomic E-state index is 13.3. The van der Waals surface area contributed by atoms with Crippen LogP contribution in [0.5, 0.6) is 5.75 Å². The topological polar surface area (TPSA) is 9.23 Å². The summed E-state index contributed by atoms with van der Waals surface area (Å²) >= 11 is 5.60. The Bertz CT molecular complexity index is 309. The molecule has 4 heteroatoms. The number of hydrogen-bond donors (Lipinski definition) is 0. The summed E-state index contributed by atoms with van der Waals surface area (Å²) in [5, 5.41) is 0.107. The van der Waals surface area contributed by atoms with Crippen molar-refractivity contribution in [2.75, 3.05) is 0 Å². The molecule has 0 amide bonds. The number of halogens is 2. The Morgan fingerprint density at radius 2 is 1.92 bits per heavy atom. The zero-order valence-electron chi connectivity index (χ0n) is 7.90. The van der Waals surface area contributed by atoms with E-state index >= 15 is 0 Å². The molecule has 0 saturated carbocycles. The predicted octanol–water partition coefficient (Wildman–Crippen LogP) is 3.69. The van der Waals surface area contributed by atoms with Crippen LogP contribution in [0.25, 0.3) is 0 Å². The first-order valence-corrected chi connectivity index (χ1v) is 7.82. The van der Waals surface area contributed by atoms with E-state index in [4.69, 9.17) is 16.0 Å². The van der Waals surface area contributed by atoms with E-state index in [1.807, 2.05) is 19.6 Å². The van der Waals surface area contributed by atoms with E-state index in [0.29, 0.717) is 0 Å². The van der Waals surface area contributed by atoms with Gasteiger partial charge in [0.05, 0.1) is 5.02 Å². The van der Waals surface area contributed by atoms with Gasteiger partial charge >= 0.3 is 0 Å². The third kappa shape index (κ3) is 3.01. The van der Waals surface area contributed by atoms with Crippen LogP contribution >= 0.6 is 11.6 Å². The Morgan fingerprint density at radius 3 is 2.46 bits per heavy atom. The molecule has 0 atom stereocenters. The average molecular weight is 219 g/mol. The molecule has 0 aliphatic rings. The summed E-state index contributed by atoms with van der Waals surface area (Å²) in [7, 11) is -1.75. The Hall–Kier alpha value is -0.543. The fourth-order valence-electron chi connectivity index (χ4n) is 0.893. The third-order valence-corrected chi connectivity index (χ3v) is 2.46. The molecule has 0 fully saturated rings. The van der Waals surface area contributed by atoms with Crippen molar-refractivity contribution in [2.45, 2.75) is 19.6 Å². The second-order valence-corrected chi connectivity index (χ2v) is 8.60. The average Bonchev–Trinajstić information content (AvgIpc) is 1.96. The molecule has 72 valence electrons. The van der Waals surface area contributed by atoms with Crippen LogP contribution < -0.4 is 4.43 Å². The predicted molar refractivity (Wildman–Crippen MR) is 55.4 cm³/mol. The van der Waals surface area contributed by atoms with Crippen molar-refractivity contribution in [3.63, 3.8) is 0 Å². The van der Waals surface area contributed by atoms with E-state index in [-0.39, 0.29) is 10.8 Å². The van der Waals surface area contributed by atoms with Gasteiger partial charge in [0.15, 0.2) is 5.82 Å². The first-order chi connectivity index (χ1) is 5.90. The minimum absolute atomic E-state index is 0.107. The zero-order valence-corrected chi connectivity index (χ0v) is 9.65. The molecule has 1 aromatic rings. The van der Waals surface area contributed by atoms with Gasteiger partial charge in [0.25, 0.3) is 0 Å². The van der Waals surface area contributed by atoms with Crippen molar-refractivity contribution in [3.8, 4) is 5.75 Å². The molecule has 0 unspecified atom stereocenters. The van der Waals surface area contributed by atoms with Gasteiger partial charge in [0.1, 0.15) is 5.75 Å². The van der Waals surface area contributed by atoms with Crippen LogP contribution in [-0.4, -0.2) is 8.32 Å². The highest BCUT2D eigenvalue weighted by atomic mass is 35.5. The summed E-state index contributed by atoms with van der Waals surface area (Å²) in [6.45, 7) is 5.98. The van der Waals surface area contributed by atoms with Crippen molar-refractivity contribution in [3.05, 3.63) is 29.0 Å². The molecule has 0 saturated heterocycles. The van der Waals surface area contributed by atoms with Crippen LogP contribution in [0.1, 0.15) is 0 Å². The lowest BCUT2D eigenvalue weighted by atomic mass is 10.3. The van der Waals surface area contributed by atoms with Crippen LogP contribution in [0.4, 0.5) is 4.39 Å². The molecule has 0 aliphatic carbocycles. The van der Waals surface area contributed by atoms with Gasteiger partial charge in [0, 0.05) is 0 Å². The zero-order chi connectivity index (χ0) is 10.1. The van der Waals surface area contributed by atoms with E-state index in [0.717, 1.165) is 0 Å². The molecular formula is C9H12ClFOSi. The number of benzene rings is 1. The minimum atomic E-state index is -1.75. The molecule has 1 rings (SSSR count). The number of hydrogen-bond acceptors (Lipinski definition) is 1. The van der Waals surface area contributed by atoms with Gasteiger partial charge in [-0.3, -0.25) is 0 Å². The molecule has 1 aromatic carbocycles. The summed E-state index contributed by atoms with van der Waals surface area (Å²) in [5.41, 5.74) is 0. The highest BCUT2D eigenvalue weighted by molar-refractivity contribution is 6.70. The summed E-state index contributed by atoms with van der Waals surface area (Å²) in [5.74, 6) is -0.210. The SMILES string of the molecule is C[Si](C)(C)Oc1cccc(Cl)c1F. The largest absolute Gasteiger partial charge is 0.542 e. The summed E-state index contributed by atoms with van der Waals surface area (Å²) in [4.78, 5) is 0. The van der Waals surface area contributed by atoms with Gasteiger partial charge in [0.2, 0.25) is 8.32 Å². The van der Waals surface area contributed by atoms with Crippen LogP contribution in [0.3, 0.4) is 0 Å². The van der Waals surface area contributed by atoms with Crippen LogP contribution in [0.2, 0.25) is 24.7 Å². The molecule has 0 bridgehead atoms. The van der Waals surface area contributed by atoms with Crippen LogP contribution in [0, 0.1) is 5.82 Å². The van der Waals surface area contributed by atoms with Gasteiger partial charge in [-0.1, -0.05) is 17.7 Å². The van der Waals surface area contributed by atoms with E-state index in [2.05, 4.69) is 0 Å². The molecule has 0 aliphatic heterocycles. The molecule has 0 aromatic heterocycles. The van der Waals surface area contributed by atoms with Crippen LogP contribution in [-0.2, 0) is 0 Å². The lowest BCUT2D eigenvalue weighted by molar-refractivity contribution is 0.496. The summed E-state index contributed by atoms with van der Waals surface area (Å²) < 4.78 is 18.8. The second kappa shape index (κ2) is 3.68. The minimum Gasteiger partial charge on any atom is -0.542 e. The Kier molecular flexibility index (Phi) is 2.98. The molecule has 0 radical (unpaired) electrons. The van der Waals surface area contributed by atoms with E-state index in [1.165, 1.54) is 6.07 Å². The van der Waals surface area contributed by atoms with E-state index in [9.17, 15) is 4.39 Å². The van der Waals surface area contributed by atoms with Crippen molar-refractivity contribution in [1.29, 1.82) is 0 Å². The van der Waals surface area contributed by atoms with Crippen molar-refractivity contribution < 1.29 is 8.82 Å². The Labute approximate surface area is 83.6 Å². The summed E-state index contributed by atoms with van der Waals surface area (Å²) in [6.07, 6.45) is 0. The Balaban J connectivity index is 2.96. The monoisotopic (exact) mass is 218 g/mol. The number of rotatable bonds is 2. The maximum absolute atomic E-state index is 13.3. The van der Waals surface area contributed by atoms with Gasteiger partial charge < -0.3 is 4.43 Å². The maximum Gasteiger partial charge on any atom is 0.242 e. The van der Waals surface area contributed by atoms with Gasteiger partial charge in [-0.15, -0.1) is 0 Å². The van der Waals surface area contributed by atoms with Crippen LogP contribution in [0.15, 0.2) is 18.2 Å². The lowest BCUT2D eigenvalue weighted by Crippen LogP contribution is -2.29. The standard InChI is InChI=1S/C9H12ClFOSi/c1-13(2,3)12-8-6-4-5-7(10)9(8)11/h4-6H,1-3H3. The third-order valence-electron chi connectivity index (χ3n) is 1.33. The van der Waals surface area contributed by atoms with Crippen molar-refractivity contribution in [1.82, 2.24) is 0 Å². The molecular weight excluding hydrogens is 207 g/mol. The Morgan fingerprint density at radius 1 is 1.31 bits per heavy atom. The van der Waals surface area contributed by atoms with Crippen molar-refractivity contribution >= 4 is 19.9 Å². The first-order valence-electron chi connectivity index (χ1n) is 4.03. The summed E-state index contributed by atoms with van der Waals surface area (Å²) in [6, 6.07) is 4.79. The highest BCUT2D eigenvalue weighted by Gasteiger charge is 2.19. The first kappa shape index (κ1) is 10.5. The normalized spacial score (nSPS) is 11.5. The fourth-order valence-corrected chi connectivity index (χ4v) is 1.88. The molecule has 0 heterocycles. The quantitative estimate of drug-likeness (QED) is 0.688. The second-order valence-electron chi connectivity index (χ2n) is 3.77. The van der Waals surface area contributed by atoms with Gasteiger partial charge in [-0.05, 0) is 31.8 Å². The van der Waals surface area contributed by atoms with Crippen molar-refractivity contribution in [2.24, 2.45) is 0 Å². The van der Waals surface area contributed by atoms with E-state index < -0.39 is 14.1 Å². The van der Waals surface area contributed by atoms with Gasteiger partial charge in [-0.25, -0.2) is 4.39 Å². The molecule has 0 N–H and O–H groups in total. The van der Waals surface area contributed by atoms with Gasteiger partial charge in [-0.2, -0.15) is 0 Å². The molecule has 13 heavy (non-hydrogen) atoms. The molecule has 1 nitrogen and oxygen atoms in total. The highest BCUT2D eigenvalue weighted by Crippen LogP contribution is 2.26. The lowest BCUT2D eigenvalue weighted by Gasteiger charge is -2.19.